The van der Waals surface area contributed by atoms with Gasteiger partial charge in [-0.1, -0.05) is 17.7 Å². The van der Waals surface area contributed by atoms with Crippen LogP contribution in [0.5, 0.6) is 11.6 Å². The van der Waals surface area contributed by atoms with Gasteiger partial charge in [0.25, 0.3) is 0 Å². The third-order valence-corrected chi connectivity index (χ3v) is 2.25. The Kier molecular flexibility index (Phi) is 2.17. The van der Waals surface area contributed by atoms with Crippen LogP contribution < -0.4 is 4.74 Å². The van der Waals surface area contributed by atoms with Crippen molar-refractivity contribution in [1.29, 1.82) is 0 Å². The molecule has 0 spiro atoms. The molecule has 2 rings (SSSR count). The molecule has 0 amide bonds. The summed E-state index contributed by atoms with van der Waals surface area (Å²) in [7, 11) is 1.52. The van der Waals surface area contributed by atoms with E-state index in [9.17, 15) is 5.11 Å². The summed E-state index contributed by atoms with van der Waals surface area (Å²) in [6.45, 7) is 0. The highest BCUT2D eigenvalue weighted by atomic mass is 35.5. The molecule has 1 heterocycles. The van der Waals surface area contributed by atoms with E-state index in [2.05, 4.69) is 4.98 Å². The first-order valence-electron chi connectivity index (χ1n) is 4.04. The molecular weight excluding hydrogens is 202 g/mol. The lowest BCUT2D eigenvalue weighted by Crippen LogP contribution is -1.88. The van der Waals surface area contributed by atoms with Crippen LogP contribution in [-0.2, 0) is 0 Å². The van der Waals surface area contributed by atoms with Gasteiger partial charge in [-0.05, 0) is 12.1 Å². The van der Waals surface area contributed by atoms with Crippen molar-refractivity contribution in [3.8, 4) is 11.6 Å². The molecule has 0 aliphatic heterocycles. The fourth-order valence-corrected chi connectivity index (χ4v) is 1.55. The maximum Gasteiger partial charge on any atom is 0.211 e. The second-order valence-electron chi connectivity index (χ2n) is 2.82. The van der Waals surface area contributed by atoms with Crippen molar-refractivity contribution in [3.63, 3.8) is 0 Å². The van der Waals surface area contributed by atoms with Crippen molar-refractivity contribution < 1.29 is 9.84 Å². The number of hydrogen-bond acceptors (Lipinski definition) is 3. The molecule has 2 aromatic rings. The summed E-state index contributed by atoms with van der Waals surface area (Å²) < 4.78 is 5.11. The quantitative estimate of drug-likeness (QED) is 0.785. The zero-order valence-electron chi connectivity index (χ0n) is 7.49. The third-order valence-electron chi connectivity index (χ3n) is 1.96. The zero-order chi connectivity index (χ0) is 10.1. The van der Waals surface area contributed by atoms with Gasteiger partial charge in [-0.2, -0.15) is 0 Å². The number of fused-ring (bicyclic) bond motifs is 1. The summed E-state index contributed by atoms with van der Waals surface area (Å²) in [6, 6.07) is 6.85. The number of pyridine rings is 1. The largest absolute Gasteiger partial charge is 0.493 e. The Labute approximate surface area is 85.9 Å². The lowest BCUT2D eigenvalue weighted by molar-refractivity contribution is 0.417. The summed E-state index contributed by atoms with van der Waals surface area (Å²) in [5.41, 5.74) is 0.569. The molecule has 1 N–H and O–H groups in total. The Hall–Kier alpha value is -1.48. The number of nitrogens with zero attached hydrogens (tertiary/aromatic N) is 1. The summed E-state index contributed by atoms with van der Waals surface area (Å²) in [5, 5.41) is 10.6. The fourth-order valence-electron chi connectivity index (χ4n) is 1.32. The monoisotopic (exact) mass is 209 g/mol. The van der Waals surface area contributed by atoms with Crippen LogP contribution in [0.15, 0.2) is 24.3 Å². The molecule has 3 nitrogen and oxygen atoms in total. The average molecular weight is 210 g/mol. The average Bonchev–Trinajstić information content (AvgIpc) is 2.17. The molecule has 1 aromatic heterocycles. The van der Waals surface area contributed by atoms with E-state index in [0.29, 0.717) is 16.3 Å². The number of methoxy groups -OCH3 is 1. The summed E-state index contributed by atoms with van der Waals surface area (Å²) >= 11 is 5.91. The Bertz CT molecular complexity index is 480. The van der Waals surface area contributed by atoms with Crippen molar-refractivity contribution in [3.05, 3.63) is 29.3 Å². The molecule has 0 radical (unpaired) electrons. The Morgan fingerprint density at radius 2 is 2.00 bits per heavy atom. The molecule has 0 unspecified atom stereocenters. The summed E-state index contributed by atoms with van der Waals surface area (Å²) in [5.74, 6) is 0.443. The molecule has 0 saturated heterocycles. The fraction of sp³-hybridized carbons (Fsp3) is 0.100. The van der Waals surface area contributed by atoms with Crippen LogP contribution in [0.3, 0.4) is 0 Å². The first-order chi connectivity index (χ1) is 6.72. The van der Waals surface area contributed by atoms with E-state index in [1.165, 1.54) is 13.2 Å². The summed E-state index contributed by atoms with van der Waals surface area (Å²) in [4.78, 5) is 3.95. The van der Waals surface area contributed by atoms with Gasteiger partial charge in [-0.3, -0.25) is 0 Å². The lowest BCUT2D eigenvalue weighted by atomic mass is 10.2. The van der Waals surface area contributed by atoms with Gasteiger partial charge in [0.1, 0.15) is 5.52 Å². The highest BCUT2D eigenvalue weighted by Gasteiger charge is 2.07. The number of hydrogen-bond donors (Lipinski definition) is 1. The minimum atomic E-state index is -0.0435. The van der Waals surface area contributed by atoms with E-state index >= 15 is 0 Å². The molecule has 0 fully saturated rings. The highest BCUT2D eigenvalue weighted by molar-refractivity contribution is 6.33. The molecule has 0 aliphatic carbocycles. The second kappa shape index (κ2) is 3.35. The zero-order valence-corrected chi connectivity index (χ0v) is 8.25. The van der Waals surface area contributed by atoms with Crippen LogP contribution >= 0.6 is 11.6 Å². The maximum absolute atomic E-state index is 9.23. The van der Waals surface area contributed by atoms with Gasteiger partial charge in [0.05, 0.1) is 12.1 Å². The first kappa shape index (κ1) is 9.09. The first-order valence-corrected chi connectivity index (χ1v) is 4.42. The van der Waals surface area contributed by atoms with Crippen LogP contribution in [0.2, 0.25) is 5.02 Å². The van der Waals surface area contributed by atoms with E-state index in [4.69, 9.17) is 16.3 Å². The van der Waals surface area contributed by atoms with Gasteiger partial charge in [0.2, 0.25) is 5.88 Å². The Balaban J connectivity index is 2.84. The number of halogens is 1. The van der Waals surface area contributed by atoms with Gasteiger partial charge < -0.3 is 9.84 Å². The standard InChI is InChI=1S/C10H8ClNO2/c1-14-10-7(11)4-2-6-3-5-8(13)12-9(6)10/h2-5H,1H3,(H,12,13). The van der Waals surface area contributed by atoms with E-state index in [0.717, 1.165) is 5.39 Å². The van der Waals surface area contributed by atoms with E-state index in [-0.39, 0.29) is 5.88 Å². The number of rotatable bonds is 1. The molecular formula is C10H8ClNO2. The van der Waals surface area contributed by atoms with E-state index < -0.39 is 0 Å². The SMILES string of the molecule is COc1c(Cl)ccc2ccc(O)nc12. The van der Waals surface area contributed by atoms with Gasteiger partial charge >= 0.3 is 0 Å². The topological polar surface area (TPSA) is 42.4 Å². The number of aromatic nitrogens is 1. The van der Waals surface area contributed by atoms with Gasteiger partial charge in [0.15, 0.2) is 5.75 Å². The molecule has 0 atom stereocenters. The highest BCUT2D eigenvalue weighted by Crippen LogP contribution is 2.32. The minimum Gasteiger partial charge on any atom is -0.493 e. The number of aromatic hydroxyl groups is 1. The molecule has 0 saturated carbocycles. The molecule has 0 bridgehead atoms. The van der Waals surface area contributed by atoms with Crippen molar-refractivity contribution in [2.45, 2.75) is 0 Å². The third kappa shape index (κ3) is 1.36. The lowest BCUT2D eigenvalue weighted by Gasteiger charge is -2.06. The Morgan fingerprint density at radius 3 is 2.71 bits per heavy atom. The molecule has 72 valence electrons. The molecule has 0 aliphatic rings. The predicted octanol–water partition coefficient (Wildman–Crippen LogP) is 2.60. The second-order valence-corrected chi connectivity index (χ2v) is 3.23. The van der Waals surface area contributed by atoms with Crippen molar-refractivity contribution >= 4 is 22.5 Å². The van der Waals surface area contributed by atoms with Gasteiger partial charge in [0, 0.05) is 11.5 Å². The van der Waals surface area contributed by atoms with Crippen LogP contribution in [0, 0.1) is 0 Å². The van der Waals surface area contributed by atoms with Crippen LogP contribution in [-0.4, -0.2) is 17.2 Å². The predicted molar refractivity (Wildman–Crippen MR) is 55.0 cm³/mol. The van der Waals surface area contributed by atoms with E-state index in [1.807, 2.05) is 6.07 Å². The van der Waals surface area contributed by atoms with E-state index in [1.54, 1.807) is 12.1 Å². The van der Waals surface area contributed by atoms with Crippen molar-refractivity contribution in [1.82, 2.24) is 4.98 Å². The molecule has 1 aromatic carbocycles. The normalized spacial score (nSPS) is 10.4. The maximum atomic E-state index is 9.23. The summed E-state index contributed by atoms with van der Waals surface area (Å²) in [6.07, 6.45) is 0. The molecule has 14 heavy (non-hydrogen) atoms. The molecule has 4 heteroatoms. The Morgan fingerprint density at radius 1 is 1.29 bits per heavy atom. The minimum absolute atomic E-state index is 0.0435. The van der Waals surface area contributed by atoms with Crippen molar-refractivity contribution in [2.75, 3.05) is 7.11 Å². The van der Waals surface area contributed by atoms with Gasteiger partial charge in [-0.15, -0.1) is 0 Å². The van der Waals surface area contributed by atoms with Crippen LogP contribution in [0.4, 0.5) is 0 Å². The van der Waals surface area contributed by atoms with Crippen LogP contribution in [0.25, 0.3) is 10.9 Å². The smallest absolute Gasteiger partial charge is 0.211 e. The van der Waals surface area contributed by atoms with Crippen LogP contribution in [0.1, 0.15) is 0 Å². The number of ether oxygens (including phenoxy) is 1. The number of benzene rings is 1. The van der Waals surface area contributed by atoms with Crippen molar-refractivity contribution in [2.24, 2.45) is 0 Å². The van der Waals surface area contributed by atoms with Gasteiger partial charge in [-0.25, -0.2) is 4.98 Å².